The second kappa shape index (κ2) is 11.3. The van der Waals surface area contributed by atoms with Crippen LogP contribution in [0.1, 0.15) is 5.56 Å². The monoisotopic (exact) mass is 675 g/mol. The number of nitrogens with zero attached hydrogens (tertiary/aromatic N) is 3. The van der Waals surface area contributed by atoms with Gasteiger partial charge in [0.05, 0.1) is 33.3 Å². The molecule has 3 aromatic heterocycles. The summed E-state index contributed by atoms with van der Waals surface area (Å²) in [5, 5.41) is 17.0. The minimum atomic E-state index is 0.634. The number of para-hydroxylation sites is 6. The molecule has 0 aliphatic rings. The van der Waals surface area contributed by atoms with Gasteiger partial charge in [-0.15, -0.1) is 0 Å². The Kier molecular flexibility index (Phi) is 6.28. The standard InChI is InChI=1S/C49H29N3O/c50-30-33-12-4-7-21-43(33)52-45-23-9-6-16-38(45)40-20-11-18-36(49(40)52)32-25-27-47-42(29-32)41-28-31(24-26-46(41)53-47)35-17-10-19-39-37-15-5-8-22-44(37)51(48(35)39)34-13-2-1-3-14-34/h1-29H. The van der Waals surface area contributed by atoms with Crippen LogP contribution in [0.4, 0.5) is 0 Å². The van der Waals surface area contributed by atoms with Crippen molar-refractivity contribution in [1.29, 1.82) is 5.26 Å². The quantitative estimate of drug-likeness (QED) is 0.186. The zero-order valence-electron chi connectivity index (χ0n) is 28.5. The summed E-state index contributed by atoms with van der Waals surface area (Å²) in [6, 6.07) is 64.2. The van der Waals surface area contributed by atoms with Crippen molar-refractivity contribution in [1.82, 2.24) is 9.13 Å². The lowest BCUT2D eigenvalue weighted by Gasteiger charge is -2.13. The molecule has 0 aliphatic carbocycles. The van der Waals surface area contributed by atoms with Gasteiger partial charge in [-0.3, -0.25) is 0 Å². The molecular formula is C49H29N3O. The van der Waals surface area contributed by atoms with Crippen molar-refractivity contribution in [3.05, 3.63) is 181 Å². The molecule has 0 bridgehead atoms. The van der Waals surface area contributed by atoms with Gasteiger partial charge in [0, 0.05) is 49.1 Å². The first-order valence-corrected chi connectivity index (χ1v) is 17.8. The summed E-state index contributed by atoms with van der Waals surface area (Å²) in [5.74, 6) is 0. The smallest absolute Gasteiger partial charge is 0.135 e. The van der Waals surface area contributed by atoms with E-state index < -0.39 is 0 Å². The Morgan fingerprint density at radius 3 is 1.55 bits per heavy atom. The molecule has 0 N–H and O–H groups in total. The number of hydrogen-bond donors (Lipinski definition) is 0. The highest BCUT2D eigenvalue weighted by Gasteiger charge is 2.20. The number of hydrogen-bond acceptors (Lipinski definition) is 2. The van der Waals surface area contributed by atoms with Gasteiger partial charge in [-0.05, 0) is 71.8 Å². The first kappa shape index (κ1) is 29.4. The fraction of sp³-hybridized carbons (Fsp3) is 0. The van der Waals surface area contributed by atoms with Crippen LogP contribution in [-0.2, 0) is 0 Å². The number of rotatable bonds is 4. The zero-order valence-corrected chi connectivity index (χ0v) is 28.5. The Morgan fingerprint density at radius 2 is 0.925 bits per heavy atom. The number of aromatic nitrogens is 2. The Labute approximate surface area is 304 Å². The van der Waals surface area contributed by atoms with Crippen LogP contribution in [0.25, 0.3) is 99.2 Å². The Hall–Kier alpha value is -7.35. The van der Waals surface area contributed by atoms with Gasteiger partial charge in [-0.2, -0.15) is 5.26 Å². The summed E-state index contributed by atoms with van der Waals surface area (Å²) >= 11 is 0. The van der Waals surface area contributed by atoms with Gasteiger partial charge in [-0.1, -0.05) is 115 Å². The predicted octanol–water partition coefficient (Wildman–Crippen LogP) is 13.0. The van der Waals surface area contributed by atoms with Crippen LogP contribution in [0.15, 0.2) is 180 Å². The van der Waals surface area contributed by atoms with Crippen LogP contribution in [0, 0.1) is 11.3 Å². The van der Waals surface area contributed by atoms with Gasteiger partial charge in [0.15, 0.2) is 0 Å². The summed E-state index contributed by atoms with van der Waals surface area (Å²) < 4.78 is 11.1. The van der Waals surface area contributed by atoms with E-state index in [4.69, 9.17) is 4.42 Å². The van der Waals surface area contributed by atoms with Crippen molar-refractivity contribution in [3.63, 3.8) is 0 Å². The van der Waals surface area contributed by atoms with Crippen LogP contribution in [0.5, 0.6) is 0 Å². The maximum absolute atomic E-state index is 10.1. The van der Waals surface area contributed by atoms with Crippen LogP contribution in [-0.4, -0.2) is 9.13 Å². The molecule has 0 spiro atoms. The van der Waals surface area contributed by atoms with Gasteiger partial charge in [0.2, 0.25) is 0 Å². The highest BCUT2D eigenvalue weighted by molar-refractivity contribution is 6.17. The average Bonchev–Trinajstić information content (AvgIpc) is 3.88. The third-order valence-corrected chi connectivity index (χ3v) is 10.8. The molecule has 8 aromatic carbocycles. The molecule has 246 valence electrons. The van der Waals surface area contributed by atoms with E-state index in [-0.39, 0.29) is 0 Å². The van der Waals surface area contributed by atoms with Gasteiger partial charge in [0.25, 0.3) is 0 Å². The van der Waals surface area contributed by atoms with E-state index in [1.165, 1.54) is 27.4 Å². The van der Waals surface area contributed by atoms with Crippen molar-refractivity contribution in [2.75, 3.05) is 0 Å². The fourth-order valence-electron chi connectivity index (χ4n) is 8.47. The zero-order chi connectivity index (χ0) is 35.0. The van der Waals surface area contributed by atoms with E-state index in [1.807, 2.05) is 24.3 Å². The van der Waals surface area contributed by atoms with E-state index >= 15 is 0 Å². The number of nitriles is 1. The lowest BCUT2D eigenvalue weighted by Crippen LogP contribution is -1.98. The normalized spacial score (nSPS) is 11.8. The topological polar surface area (TPSA) is 46.8 Å². The lowest BCUT2D eigenvalue weighted by molar-refractivity contribution is 0.669. The third-order valence-electron chi connectivity index (χ3n) is 10.8. The van der Waals surface area contributed by atoms with Crippen LogP contribution in [0.3, 0.4) is 0 Å². The van der Waals surface area contributed by atoms with Crippen molar-refractivity contribution >= 4 is 65.6 Å². The molecule has 3 heterocycles. The molecule has 4 nitrogen and oxygen atoms in total. The average molecular weight is 676 g/mol. The number of furan rings is 1. The predicted molar refractivity (Wildman–Crippen MR) is 218 cm³/mol. The summed E-state index contributed by atoms with van der Waals surface area (Å²) in [5.41, 5.74) is 13.3. The summed E-state index contributed by atoms with van der Waals surface area (Å²) in [4.78, 5) is 0. The first-order chi connectivity index (χ1) is 26.3. The molecule has 0 saturated heterocycles. The number of benzene rings is 8. The molecule has 53 heavy (non-hydrogen) atoms. The largest absolute Gasteiger partial charge is 0.456 e. The first-order valence-electron chi connectivity index (χ1n) is 17.8. The van der Waals surface area contributed by atoms with E-state index in [9.17, 15) is 5.26 Å². The van der Waals surface area contributed by atoms with E-state index in [2.05, 4.69) is 167 Å². The molecule has 0 atom stereocenters. The summed E-state index contributed by atoms with van der Waals surface area (Å²) in [7, 11) is 0. The van der Waals surface area contributed by atoms with E-state index in [0.717, 1.165) is 71.8 Å². The van der Waals surface area contributed by atoms with Crippen molar-refractivity contribution in [2.45, 2.75) is 0 Å². The van der Waals surface area contributed by atoms with Crippen molar-refractivity contribution in [2.24, 2.45) is 0 Å². The minimum absolute atomic E-state index is 0.634. The van der Waals surface area contributed by atoms with Crippen LogP contribution >= 0.6 is 0 Å². The Morgan fingerprint density at radius 1 is 0.415 bits per heavy atom. The molecule has 11 rings (SSSR count). The highest BCUT2D eigenvalue weighted by Crippen LogP contribution is 2.43. The maximum atomic E-state index is 10.1. The molecule has 0 saturated carbocycles. The van der Waals surface area contributed by atoms with Gasteiger partial charge in [0.1, 0.15) is 17.2 Å². The Bertz CT molecular complexity index is 3300. The van der Waals surface area contributed by atoms with Gasteiger partial charge in [-0.25, -0.2) is 0 Å². The minimum Gasteiger partial charge on any atom is -0.456 e. The second-order valence-electron chi connectivity index (χ2n) is 13.6. The van der Waals surface area contributed by atoms with E-state index in [0.29, 0.717) is 5.56 Å². The van der Waals surface area contributed by atoms with E-state index in [1.54, 1.807) is 0 Å². The summed E-state index contributed by atoms with van der Waals surface area (Å²) in [6.45, 7) is 0. The van der Waals surface area contributed by atoms with Crippen molar-refractivity contribution < 1.29 is 4.42 Å². The molecule has 0 aliphatic heterocycles. The molecule has 0 radical (unpaired) electrons. The third kappa shape index (κ3) is 4.29. The van der Waals surface area contributed by atoms with Gasteiger partial charge >= 0.3 is 0 Å². The van der Waals surface area contributed by atoms with Crippen LogP contribution in [0.2, 0.25) is 0 Å². The maximum Gasteiger partial charge on any atom is 0.135 e. The van der Waals surface area contributed by atoms with Crippen LogP contribution < -0.4 is 0 Å². The number of fused-ring (bicyclic) bond motifs is 9. The molecule has 0 unspecified atom stereocenters. The molecule has 4 heteroatoms. The summed E-state index contributed by atoms with van der Waals surface area (Å²) in [6.07, 6.45) is 0. The van der Waals surface area contributed by atoms with Gasteiger partial charge < -0.3 is 13.6 Å². The highest BCUT2D eigenvalue weighted by atomic mass is 16.3. The SMILES string of the molecule is N#Cc1ccccc1-n1c2ccccc2c2cccc(-c3ccc4oc5ccc(-c6cccc7c8ccccc8n(-c8ccccc8)c67)cc5c4c3)c21. The molecule has 11 aromatic rings. The molecular weight excluding hydrogens is 647 g/mol. The lowest BCUT2D eigenvalue weighted by atomic mass is 9.98. The fourth-order valence-corrected chi connectivity index (χ4v) is 8.47. The second-order valence-corrected chi connectivity index (χ2v) is 13.6. The van der Waals surface area contributed by atoms with Crippen molar-refractivity contribution in [3.8, 4) is 39.7 Å². The molecule has 0 fully saturated rings. The Balaban J connectivity index is 1.15. The molecule has 0 amide bonds.